The van der Waals surface area contributed by atoms with E-state index < -0.39 is 0 Å². The SMILES string of the molecule is Cc1cc(C(=N)N)nc(Oc2cccc(Cl)c2)n1. The molecule has 18 heavy (non-hydrogen) atoms. The molecule has 0 bridgehead atoms. The smallest absolute Gasteiger partial charge is 0.322 e. The highest BCUT2D eigenvalue weighted by atomic mass is 35.5. The lowest BCUT2D eigenvalue weighted by Crippen LogP contribution is -2.14. The maximum atomic E-state index is 7.35. The van der Waals surface area contributed by atoms with Crippen LogP contribution in [0.25, 0.3) is 0 Å². The normalized spacial score (nSPS) is 10.1. The molecule has 0 saturated carbocycles. The van der Waals surface area contributed by atoms with E-state index in [1.54, 1.807) is 37.3 Å². The van der Waals surface area contributed by atoms with E-state index in [-0.39, 0.29) is 11.8 Å². The third kappa shape index (κ3) is 2.95. The van der Waals surface area contributed by atoms with Gasteiger partial charge < -0.3 is 10.5 Å². The Bertz CT molecular complexity index is 600. The van der Waals surface area contributed by atoms with Gasteiger partial charge in [-0.1, -0.05) is 17.7 Å². The van der Waals surface area contributed by atoms with Crippen LogP contribution in [0.1, 0.15) is 11.4 Å². The number of amidine groups is 1. The highest BCUT2D eigenvalue weighted by molar-refractivity contribution is 6.30. The van der Waals surface area contributed by atoms with Crippen molar-refractivity contribution in [1.29, 1.82) is 5.41 Å². The highest BCUT2D eigenvalue weighted by Crippen LogP contribution is 2.21. The number of hydrogen-bond acceptors (Lipinski definition) is 4. The Morgan fingerprint density at radius 1 is 1.33 bits per heavy atom. The second-order valence-corrected chi connectivity index (χ2v) is 4.09. The molecule has 5 nitrogen and oxygen atoms in total. The van der Waals surface area contributed by atoms with Crippen molar-refractivity contribution >= 4 is 17.4 Å². The largest absolute Gasteiger partial charge is 0.424 e. The molecule has 92 valence electrons. The Labute approximate surface area is 109 Å². The Kier molecular flexibility index (Phi) is 3.43. The molecule has 1 aromatic heterocycles. The molecule has 0 aliphatic rings. The summed E-state index contributed by atoms with van der Waals surface area (Å²) in [5.41, 5.74) is 6.39. The zero-order valence-corrected chi connectivity index (χ0v) is 10.4. The third-order valence-electron chi connectivity index (χ3n) is 2.11. The molecule has 2 rings (SSSR count). The van der Waals surface area contributed by atoms with Gasteiger partial charge >= 0.3 is 6.01 Å². The first kappa shape index (κ1) is 12.3. The van der Waals surface area contributed by atoms with Crippen LogP contribution in [0.5, 0.6) is 11.8 Å². The number of nitrogens with one attached hydrogen (secondary N) is 1. The second kappa shape index (κ2) is 5.01. The highest BCUT2D eigenvalue weighted by Gasteiger charge is 2.07. The number of nitrogen functional groups attached to an aromatic ring is 1. The Balaban J connectivity index is 2.31. The average molecular weight is 263 g/mol. The van der Waals surface area contributed by atoms with Crippen molar-refractivity contribution in [2.24, 2.45) is 5.73 Å². The molecule has 0 radical (unpaired) electrons. The van der Waals surface area contributed by atoms with Crippen LogP contribution in [-0.4, -0.2) is 15.8 Å². The molecular formula is C12H11ClN4O. The van der Waals surface area contributed by atoms with Crippen molar-refractivity contribution in [3.8, 4) is 11.8 Å². The molecule has 0 aliphatic carbocycles. The van der Waals surface area contributed by atoms with Gasteiger partial charge in [-0.3, -0.25) is 5.41 Å². The molecule has 2 aromatic rings. The monoisotopic (exact) mass is 262 g/mol. The van der Waals surface area contributed by atoms with E-state index in [0.717, 1.165) is 0 Å². The van der Waals surface area contributed by atoms with Gasteiger partial charge in [-0.2, -0.15) is 4.98 Å². The summed E-state index contributed by atoms with van der Waals surface area (Å²) >= 11 is 5.85. The van der Waals surface area contributed by atoms with Crippen LogP contribution in [0.15, 0.2) is 30.3 Å². The van der Waals surface area contributed by atoms with Crippen LogP contribution in [0.3, 0.4) is 0 Å². The number of rotatable bonds is 3. The Morgan fingerprint density at radius 3 is 2.78 bits per heavy atom. The molecule has 0 amide bonds. The lowest BCUT2D eigenvalue weighted by Gasteiger charge is -2.06. The molecule has 0 spiro atoms. The van der Waals surface area contributed by atoms with Crippen molar-refractivity contribution in [2.75, 3.05) is 0 Å². The van der Waals surface area contributed by atoms with Gasteiger partial charge in [-0.25, -0.2) is 4.98 Å². The van der Waals surface area contributed by atoms with E-state index in [4.69, 9.17) is 27.5 Å². The van der Waals surface area contributed by atoms with E-state index in [2.05, 4.69) is 9.97 Å². The molecule has 1 aromatic carbocycles. The molecular weight excluding hydrogens is 252 g/mol. The number of benzene rings is 1. The van der Waals surface area contributed by atoms with Gasteiger partial charge in [-0.05, 0) is 31.2 Å². The van der Waals surface area contributed by atoms with Crippen LogP contribution >= 0.6 is 11.6 Å². The van der Waals surface area contributed by atoms with Gasteiger partial charge in [0.05, 0.1) is 0 Å². The average Bonchev–Trinajstić information content (AvgIpc) is 2.28. The maximum absolute atomic E-state index is 7.35. The van der Waals surface area contributed by atoms with Crippen LogP contribution in [-0.2, 0) is 0 Å². The van der Waals surface area contributed by atoms with E-state index in [0.29, 0.717) is 22.2 Å². The first-order valence-electron chi connectivity index (χ1n) is 5.18. The predicted molar refractivity (Wildman–Crippen MR) is 69.3 cm³/mol. The van der Waals surface area contributed by atoms with Crippen molar-refractivity contribution < 1.29 is 4.74 Å². The number of halogens is 1. The van der Waals surface area contributed by atoms with Crippen LogP contribution in [0, 0.1) is 12.3 Å². The summed E-state index contributed by atoms with van der Waals surface area (Å²) in [4.78, 5) is 8.14. The van der Waals surface area contributed by atoms with Gasteiger partial charge in [-0.15, -0.1) is 0 Å². The summed E-state index contributed by atoms with van der Waals surface area (Å²) in [5.74, 6) is 0.402. The van der Waals surface area contributed by atoms with Gasteiger partial charge in [0.2, 0.25) is 0 Å². The number of nitrogens with two attached hydrogens (primary N) is 1. The minimum atomic E-state index is -0.128. The first-order valence-corrected chi connectivity index (χ1v) is 5.56. The fourth-order valence-corrected chi connectivity index (χ4v) is 1.54. The zero-order valence-electron chi connectivity index (χ0n) is 9.64. The van der Waals surface area contributed by atoms with E-state index in [9.17, 15) is 0 Å². The molecule has 3 N–H and O–H groups in total. The summed E-state index contributed by atoms with van der Waals surface area (Å²) in [6.45, 7) is 1.78. The molecule has 0 atom stereocenters. The number of ether oxygens (including phenoxy) is 1. The zero-order chi connectivity index (χ0) is 13.1. The number of nitrogens with zero attached hydrogens (tertiary/aromatic N) is 2. The number of aryl methyl sites for hydroxylation is 1. The van der Waals surface area contributed by atoms with Gasteiger partial charge in [0, 0.05) is 10.7 Å². The van der Waals surface area contributed by atoms with Crippen molar-refractivity contribution in [3.05, 3.63) is 46.7 Å². The summed E-state index contributed by atoms with van der Waals surface area (Å²) in [6.07, 6.45) is 0. The Morgan fingerprint density at radius 2 is 2.11 bits per heavy atom. The van der Waals surface area contributed by atoms with E-state index in [1.165, 1.54) is 0 Å². The standard InChI is InChI=1S/C12H11ClN4O/c1-7-5-10(11(14)15)17-12(16-7)18-9-4-2-3-8(13)6-9/h2-6H,1H3,(H3,14,15). The van der Waals surface area contributed by atoms with Crippen LogP contribution in [0.2, 0.25) is 5.02 Å². The van der Waals surface area contributed by atoms with Crippen molar-refractivity contribution in [1.82, 2.24) is 9.97 Å². The molecule has 0 unspecified atom stereocenters. The molecule has 0 fully saturated rings. The first-order chi connectivity index (χ1) is 8.54. The number of aromatic nitrogens is 2. The maximum Gasteiger partial charge on any atom is 0.322 e. The van der Waals surface area contributed by atoms with Crippen molar-refractivity contribution in [3.63, 3.8) is 0 Å². The third-order valence-corrected chi connectivity index (χ3v) is 2.35. The minimum Gasteiger partial charge on any atom is -0.424 e. The minimum absolute atomic E-state index is 0.128. The predicted octanol–water partition coefficient (Wildman–Crippen LogP) is 2.51. The summed E-state index contributed by atoms with van der Waals surface area (Å²) in [6, 6.07) is 8.66. The van der Waals surface area contributed by atoms with Crippen LogP contribution in [0.4, 0.5) is 0 Å². The quantitative estimate of drug-likeness (QED) is 0.657. The van der Waals surface area contributed by atoms with Gasteiger partial charge in [0.25, 0.3) is 0 Å². The van der Waals surface area contributed by atoms with Gasteiger partial charge in [0.15, 0.2) is 0 Å². The lowest BCUT2D eigenvalue weighted by atomic mass is 10.3. The summed E-state index contributed by atoms with van der Waals surface area (Å²) < 4.78 is 5.47. The number of hydrogen-bond donors (Lipinski definition) is 2. The molecule has 1 heterocycles. The fourth-order valence-electron chi connectivity index (χ4n) is 1.36. The van der Waals surface area contributed by atoms with Crippen molar-refractivity contribution in [2.45, 2.75) is 6.92 Å². The van der Waals surface area contributed by atoms with E-state index in [1.807, 2.05) is 0 Å². The van der Waals surface area contributed by atoms with E-state index >= 15 is 0 Å². The second-order valence-electron chi connectivity index (χ2n) is 3.65. The lowest BCUT2D eigenvalue weighted by molar-refractivity contribution is 0.440. The molecule has 6 heteroatoms. The fraction of sp³-hybridized carbons (Fsp3) is 0.0833. The van der Waals surface area contributed by atoms with Crippen LogP contribution < -0.4 is 10.5 Å². The molecule has 0 aliphatic heterocycles. The topological polar surface area (TPSA) is 84.9 Å². The van der Waals surface area contributed by atoms with Gasteiger partial charge in [0.1, 0.15) is 17.3 Å². The summed E-state index contributed by atoms with van der Waals surface area (Å²) in [5, 5.41) is 7.92. The summed E-state index contributed by atoms with van der Waals surface area (Å²) in [7, 11) is 0. The molecule has 0 saturated heterocycles. The Hall–Kier alpha value is -2.14.